The van der Waals surface area contributed by atoms with Crippen LogP contribution in [0.15, 0.2) is 0 Å². The minimum Gasteiger partial charge on any atom is -0.351 e. The average Bonchev–Trinajstić information content (AvgIpc) is 2.77. The summed E-state index contributed by atoms with van der Waals surface area (Å²) < 4.78 is 0. The van der Waals surface area contributed by atoms with E-state index in [1.807, 2.05) is 0 Å². The first kappa shape index (κ1) is 11.9. The van der Waals surface area contributed by atoms with Gasteiger partial charge in [0.1, 0.15) is 0 Å². The van der Waals surface area contributed by atoms with Crippen molar-refractivity contribution in [1.29, 1.82) is 0 Å². The summed E-state index contributed by atoms with van der Waals surface area (Å²) in [6.07, 6.45) is 8.82. The summed E-state index contributed by atoms with van der Waals surface area (Å²) in [5, 5.41) is 3.21. The first-order valence-corrected chi connectivity index (χ1v) is 6.66. The number of rotatable bonds is 3. The van der Waals surface area contributed by atoms with Gasteiger partial charge in [0.15, 0.2) is 0 Å². The van der Waals surface area contributed by atoms with Crippen LogP contribution >= 0.6 is 0 Å². The van der Waals surface area contributed by atoms with E-state index in [0.29, 0.717) is 12.3 Å². The van der Waals surface area contributed by atoms with Gasteiger partial charge in [-0.25, -0.2) is 0 Å². The van der Waals surface area contributed by atoms with E-state index >= 15 is 0 Å². The summed E-state index contributed by atoms with van der Waals surface area (Å²) in [5.41, 5.74) is 6.06. The van der Waals surface area contributed by atoms with Gasteiger partial charge in [-0.15, -0.1) is 0 Å². The Morgan fingerprint density at radius 3 is 2.56 bits per heavy atom. The largest absolute Gasteiger partial charge is 0.351 e. The van der Waals surface area contributed by atoms with Gasteiger partial charge in [-0.3, -0.25) is 4.79 Å². The maximum absolute atomic E-state index is 11.9. The quantitative estimate of drug-likeness (QED) is 0.770. The van der Waals surface area contributed by atoms with Gasteiger partial charge in [0.2, 0.25) is 5.91 Å². The molecule has 2 saturated carbocycles. The molecule has 3 nitrogen and oxygen atoms in total. The third kappa shape index (κ3) is 2.76. The van der Waals surface area contributed by atoms with Crippen LogP contribution < -0.4 is 11.1 Å². The Kier molecular flexibility index (Phi) is 3.53. The van der Waals surface area contributed by atoms with E-state index in [9.17, 15) is 4.79 Å². The first-order valence-electron chi connectivity index (χ1n) is 6.66. The molecule has 0 aliphatic heterocycles. The summed E-state index contributed by atoms with van der Waals surface area (Å²) in [7, 11) is 0. The molecule has 2 rings (SSSR count). The van der Waals surface area contributed by atoms with Gasteiger partial charge in [-0.2, -0.15) is 0 Å². The second kappa shape index (κ2) is 4.74. The van der Waals surface area contributed by atoms with Crippen LogP contribution in [-0.4, -0.2) is 17.5 Å². The second-order valence-corrected chi connectivity index (χ2v) is 5.87. The molecule has 0 aromatic rings. The number of nitrogens with one attached hydrogen (secondary N) is 1. The van der Waals surface area contributed by atoms with Crippen LogP contribution in [0.4, 0.5) is 0 Å². The lowest BCUT2D eigenvalue weighted by Gasteiger charge is -2.26. The Hall–Kier alpha value is -0.570. The Labute approximate surface area is 98.2 Å². The van der Waals surface area contributed by atoms with Crippen LogP contribution in [0, 0.1) is 5.92 Å². The predicted molar refractivity (Wildman–Crippen MR) is 64.9 cm³/mol. The minimum absolute atomic E-state index is 0.0692. The maximum Gasteiger partial charge on any atom is 0.220 e. The van der Waals surface area contributed by atoms with Crippen molar-refractivity contribution in [3.05, 3.63) is 0 Å². The van der Waals surface area contributed by atoms with E-state index in [1.165, 1.54) is 19.3 Å². The molecule has 2 aliphatic carbocycles. The van der Waals surface area contributed by atoms with Crippen molar-refractivity contribution in [2.75, 3.05) is 0 Å². The molecule has 16 heavy (non-hydrogen) atoms. The van der Waals surface area contributed by atoms with Gasteiger partial charge in [-0.1, -0.05) is 19.3 Å². The second-order valence-electron chi connectivity index (χ2n) is 5.87. The normalized spacial score (nSPS) is 32.9. The van der Waals surface area contributed by atoms with Crippen LogP contribution in [-0.2, 0) is 4.79 Å². The third-order valence-corrected chi connectivity index (χ3v) is 4.31. The van der Waals surface area contributed by atoms with E-state index in [-0.39, 0.29) is 17.5 Å². The van der Waals surface area contributed by atoms with E-state index in [1.54, 1.807) is 0 Å². The summed E-state index contributed by atoms with van der Waals surface area (Å²) in [5.74, 6) is 0.636. The smallest absolute Gasteiger partial charge is 0.220 e. The molecule has 2 aliphatic rings. The molecular weight excluding hydrogens is 200 g/mol. The van der Waals surface area contributed by atoms with Gasteiger partial charge in [-0.05, 0) is 38.5 Å². The lowest BCUT2D eigenvalue weighted by molar-refractivity contribution is -0.123. The molecule has 0 unspecified atom stereocenters. The van der Waals surface area contributed by atoms with Gasteiger partial charge >= 0.3 is 0 Å². The highest BCUT2D eigenvalue weighted by Crippen LogP contribution is 2.30. The fourth-order valence-corrected chi connectivity index (χ4v) is 3.23. The van der Waals surface area contributed by atoms with E-state index < -0.39 is 0 Å². The highest BCUT2D eigenvalue weighted by molar-refractivity contribution is 5.77. The molecule has 1 amide bonds. The Balaban J connectivity index is 1.79. The molecule has 3 heteroatoms. The van der Waals surface area contributed by atoms with E-state index in [4.69, 9.17) is 5.73 Å². The van der Waals surface area contributed by atoms with Crippen molar-refractivity contribution in [2.45, 2.75) is 69.9 Å². The van der Waals surface area contributed by atoms with Gasteiger partial charge in [0.05, 0.1) is 0 Å². The van der Waals surface area contributed by atoms with Crippen LogP contribution in [0.2, 0.25) is 0 Å². The summed E-state index contributed by atoms with van der Waals surface area (Å²) in [6.45, 7) is 2.17. The number of hydrogen-bond acceptors (Lipinski definition) is 2. The molecule has 2 atom stereocenters. The predicted octanol–water partition coefficient (Wildman–Crippen LogP) is 1.95. The molecule has 0 aromatic carbocycles. The lowest BCUT2D eigenvalue weighted by atomic mass is 9.96. The average molecular weight is 224 g/mol. The number of hydrogen-bond donors (Lipinski definition) is 2. The monoisotopic (exact) mass is 224 g/mol. The van der Waals surface area contributed by atoms with Crippen LogP contribution in [0.25, 0.3) is 0 Å². The number of amides is 1. The van der Waals surface area contributed by atoms with Crippen LogP contribution in [0.3, 0.4) is 0 Å². The molecule has 2 fully saturated rings. The highest BCUT2D eigenvalue weighted by atomic mass is 16.1. The third-order valence-electron chi connectivity index (χ3n) is 4.31. The fraction of sp³-hybridized carbons (Fsp3) is 0.923. The molecule has 0 heterocycles. The molecule has 0 radical (unpaired) electrons. The molecular formula is C13H24N2O. The maximum atomic E-state index is 11.9. The summed E-state index contributed by atoms with van der Waals surface area (Å²) >= 11 is 0. The lowest BCUT2D eigenvalue weighted by Crippen LogP contribution is -2.44. The van der Waals surface area contributed by atoms with Crippen molar-refractivity contribution in [1.82, 2.24) is 5.32 Å². The van der Waals surface area contributed by atoms with Crippen molar-refractivity contribution < 1.29 is 4.79 Å². The van der Waals surface area contributed by atoms with Crippen molar-refractivity contribution in [3.8, 4) is 0 Å². The minimum atomic E-state index is 0.0692. The summed E-state index contributed by atoms with van der Waals surface area (Å²) in [6, 6.07) is 0.252. The fourth-order valence-electron chi connectivity index (χ4n) is 3.23. The molecule has 3 N–H and O–H groups in total. The zero-order valence-electron chi connectivity index (χ0n) is 10.3. The molecule has 0 spiro atoms. The molecule has 0 bridgehead atoms. The van der Waals surface area contributed by atoms with Crippen LogP contribution in [0.5, 0.6) is 0 Å². The summed E-state index contributed by atoms with van der Waals surface area (Å²) in [4.78, 5) is 11.9. The van der Waals surface area contributed by atoms with Crippen molar-refractivity contribution in [3.63, 3.8) is 0 Å². The Morgan fingerprint density at radius 2 is 2.00 bits per heavy atom. The zero-order valence-corrected chi connectivity index (χ0v) is 10.3. The Morgan fingerprint density at radius 1 is 1.31 bits per heavy atom. The number of nitrogens with two attached hydrogens (primary N) is 1. The van der Waals surface area contributed by atoms with E-state index in [2.05, 4.69) is 12.2 Å². The Bertz CT molecular complexity index is 259. The zero-order chi connectivity index (χ0) is 11.6. The molecule has 92 valence electrons. The van der Waals surface area contributed by atoms with Gasteiger partial charge in [0.25, 0.3) is 0 Å². The van der Waals surface area contributed by atoms with Gasteiger partial charge in [0, 0.05) is 18.0 Å². The standard InChI is InChI=1S/C13H24N2O/c1-13(7-2-3-8-13)15-12(16)9-10-5-4-6-11(10)14/h10-11H,2-9,14H2,1H3,(H,15,16)/t10-,11+/m0/s1. The first-order chi connectivity index (χ1) is 7.59. The molecule has 0 aromatic heterocycles. The van der Waals surface area contributed by atoms with Crippen molar-refractivity contribution >= 4 is 5.91 Å². The van der Waals surface area contributed by atoms with E-state index in [0.717, 1.165) is 25.7 Å². The number of carbonyl (C=O) groups is 1. The van der Waals surface area contributed by atoms with Gasteiger partial charge < -0.3 is 11.1 Å². The SMILES string of the molecule is CC1(NC(=O)C[C@@H]2CCC[C@H]2N)CCCC1. The number of carbonyl (C=O) groups excluding carboxylic acids is 1. The van der Waals surface area contributed by atoms with Crippen molar-refractivity contribution in [2.24, 2.45) is 11.7 Å². The highest BCUT2D eigenvalue weighted by Gasteiger charge is 2.32. The molecule has 0 saturated heterocycles. The topological polar surface area (TPSA) is 55.1 Å². The van der Waals surface area contributed by atoms with Crippen LogP contribution in [0.1, 0.15) is 58.3 Å².